The molecule has 1 aromatic carbocycles. The average molecular weight is 259 g/mol. The Morgan fingerprint density at radius 2 is 2.05 bits per heavy atom. The topological polar surface area (TPSA) is 70.1 Å². The summed E-state index contributed by atoms with van der Waals surface area (Å²) in [7, 11) is 0. The molecule has 0 aliphatic heterocycles. The van der Waals surface area contributed by atoms with Crippen LogP contribution in [0.15, 0.2) is 24.3 Å². The summed E-state index contributed by atoms with van der Waals surface area (Å²) in [5.41, 5.74) is 7.37. The number of likely N-dealkylation sites (N-methyl/N-ethyl adjacent to an activating group) is 1. The van der Waals surface area contributed by atoms with Gasteiger partial charge in [-0.05, 0) is 24.5 Å². The van der Waals surface area contributed by atoms with Crippen molar-refractivity contribution in [3.63, 3.8) is 0 Å². The number of nitrogens with two attached hydrogens (primary N) is 1. The molecule has 0 bridgehead atoms. The molecule has 0 spiro atoms. The molecule has 0 saturated carbocycles. The Bertz CT molecular complexity index is 477. The standard InChI is InChI=1S/C15H21N3O/c1-4-18(15(19)14(17)11(2)3)10-13-8-6-5-7-12(13)9-16/h5-8,11,14H,4,10,17H2,1-3H3. The number of amides is 1. The van der Waals surface area contributed by atoms with Crippen molar-refractivity contribution < 1.29 is 4.79 Å². The third-order valence-corrected chi connectivity index (χ3v) is 3.20. The molecule has 0 saturated heterocycles. The van der Waals surface area contributed by atoms with Gasteiger partial charge in [0.25, 0.3) is 0 Å². The van der Waals surface area contributed by atoms with Crippen molar-refractivity contribution >= 4 is 5.91 Å². The van der Waals surface area contributed by atoms with E-state index in [1.54, 1.807) is 11.0 Å². The highest BCUT2D eigenvalue weighted by Gasteiger charge is 2.23. The molecule has 1 amide bonds. The fraction of sp³-hybridized carbons (Fsp3) is 0.467. The van der Waals surface area contributed by atoms with Crippen molar-refractivity contribution in [3.05, 3.63) is 35.4 Å². The molecule has 0 fully saturated rings. The fourth-order valence-electron chi connectivity index (χ4n) is 1.81. The van der Waals surface area contributed by atoms with E-state index < -0.39 is 6.04 Å². The van der Waals surface area contributed by atoms with Gasteiger partial charge in [0.2, 0.25) is 5.91 Å². The molecule has 0 aliphatic rings. The summed E-state index contributed by atoms with van der Waals surface area (Å²) in [5, 5.41) is 9.06. The molecule has 4 heteroatoms. The van der Waals surface area contributed by atoms with Gasteiger partial charge in [-0.25, -0.2) is 0 Å². The zero-order valence-electron chi connectivity index (χ0n) is 11.8. The van der Waals surface area contributed by atoms with Gasteiger partial charge < -0.3 is 10.6 Å². The summed E-state index contributed by atoms with van der Waals surface area (Å²) in [4.78, 5) is 13.9. The van der Waals surface area contributed by atoms with Crippen molar-refractivity contribution in [1.29, 1.82) is 5.26 Å². The average Bonchev–Trinajstić information content (AvgIpc) is 2.43. The van der Waals surface area contributed by atoms with Crippen LogP contribution in [0.4, 0.5) is 0 Å². The molecule has 1 rings (SSSR count). The normalized spacial score (nSPS) is 12.0. The van der Waals surface area contributed by atoms with Crippen molar-refractivity contribution in [1.82, 2.24) is 4.90 Å². The summed E-state index contributed by atoms with van der Waals surface area (Å²) >= 11 is 0. The van der Waals surface area contributed by atoms with E-state index in [1.165, 1.54) is 0 Å². The Morgan fingerprint density at radius 1 is 1.42 bits per heavy atom. The van der Waals surface area contributed by atoms with Crippen LogP contribution in [0.1, 0.15) is 31.9 Å². The van der Waals surface area contributed by atoms with Crippen LogP contribution in [0.3, 0.4) is 0 Å². The van der Waals surface area contributed by atoms with Crippen LogP contribution in [0, 0.1) is 17.2 Å². The minimum absolute atomic E-state index is 0.0646. The number of nitrogens with zero attached hydrogens (tertiary/aromatic N) is 2. The second-order valence-corrected chi connectivity index (χ2v) is 4.89. The maximum Gasteiger partial charge on any atom is 0.240 e. The van der Waals surface area contributed by atoms with Crippen molar-refractivity contribution in [2.24, 2.45) is 11.7 Å². The van der Waals surface area contributed by atoms with Gasteiger partial charge in [0.1, 0.15) is 0 Å². The minimum atomic E-state index is -0.491. The third-order valence-electron chi connectivity index (χ3n) is 3.20. The SMILES string of the molecule is CCN(Cc1ccccc1C#N)C(=O)C(N)C(C)C. The molecule has 19 heavy (non-hydrogen) atoms. The van der Waals surface area contributed by atoms with Crippen LogP contribution in [0.25, 0.3) is 0 Å². The van der Waals surface area contributed by atoms with E-state index >= 15 is 0 Å². The van der Waals surface area contributed by atoms with Gasteiger partial charge in [0.05, 0.1) is 17.7 Å². The van der Waals surface area contributed by atoms with E-state index in [0.29, 0.717) is 18.7 Å². The monoisotopic (exact) mass is 259 g/mol. The van der Waals surface area contributed by atoms with Crippen LogP contribution < -0.4 is 5.73 Å². The maximum absolute atomic E-state index is 12.2. The van der Waals surface area contributed by atoms with Gasteiger partial charge in [-0.2, -0.15) is 5.26 Å². The smallest absolute Gasteiger partial charge is 0.240 e. The van der Waals surface area contributed by atoms with E-state index in [1.807, 2.05) is 39.0 Å². The number of carbonyl (C=O) groups excluding carboxylic acids is 1. The Hall–Kier alpha value is -1.86. The lowest BCUT2D eigenvalue weighted by Gasteiger charge is -2.26. The molecule has 102 valence electrons. The number of nitriles is 1. The van der Waals surface area contributed by atoms with E-state index in [9.17, 15) is 4.79 Å². The summed E-state index contributed by atoms with van der Waals surface area (Å²) < 4.78 is 0. The van der Waals surface area contributed by atoms with Crippen molar-refractivity contribution in [2.45, 2.75) is 33.4 Å². The number of carbonyl (C=O) groups is 1. The highest BCUT2D eigenvalue weighted by atomic mass is 16.2. The zero-order valence-corrected chi connectivity index (χ0v) is 11.8. The largest absolute Gasteiger partial charge is 0.337 e. The Kier molecular flexibility index (Phi) is 5.53. The van der Waals surface area contributed by atoms with Gasteiger partial charge in [-0.1, -0.05) is 32.0 Å². The maximum atomic E-state index is 12.2. The molecule has 0 aliphatic carbocycles. The summed E-state index contributed by atoms with van der Waals surface area (Å²) in [6.45, 7) is 6.79. The number of hydrogen-bond donors (Lipinski definition) is 1. The first kappa shape index (κ1) is 15.2. The van der Waals surface area contributed by atoms with Gasteiger partial charge >= 0.3 is 0 Å². The highest BCUT2D eigenvalue weighted by molar-refractivity contribution is 5.81. The first-order valence-electron chi connectivity index (χ1n) is 6.53. The lowest BCUT2D eigenvalue weighted by molar-refractivity contribution is -0.134. The molecule has 1 atom stereocenters. The molecular formula is C15H21N3O. The second-order valence-electron chi connectivity index (χ2n) is 4.89. The van der Waals surface area contributed by atoms with E-state index in [0.717, 1.165) is 5.56 Å². The molecule has 1 unspecified atom stereocenters. The predicted molar refractivity (Wildman–Crippen MR) is 75.1 cm³/mol. The quantitative estimate of drug-likeness (QED) is 0.877. The van der Waals surface area contributed by atoms with Gasteiger partial charge in [0, 0.05) is 13.1 Å². The Labute approximate surface area is 114 Å². The second kappa shape index (κ2) is 6.91. The van der Waals surface area contributed by atoms with Crippen LogP contribution in [-0.2, 0) is 11.3 Å². The lowest BCUT2D eigenvalue weighted by Crippen LogP contribution is -2.46. The fourth-order valence-corrected chi connectivity index (χ4v) is 1.81. The van der Waals surface area contributed by atoms with Crippen molar-refractivity contribution in [2.75, 3.05) is 6.54 Å². The summed E-state index contributed by atoms with van der Waals surface area (Å²) in [6.07, 6.45) is 0. The Balaban J connectivity index is 2.89. The van der Waals surface area contributed by atoms with Crippen molar-refractivity contribution in [3.8, 4) is 6.07 Å². The molecule has 2 N–H and O–H groups in total. The van der Waals surface area contributed by atoms with E-state index in [4.69, 9.17) is 11.0 Å². The zero-order chi connectivity index (χ0) is 14.4. The summed E-state index contributed by atoms with van der Waals surface area (Å²) in [6, 6.07) is 8.98. The van der Waals surface area contributed by atoms with Gasteiger partial charge in [-0.3, -0.25) is 4.79 Å². The van der Waals surface area contributed by atoms with Crippen LogP contribution in [0.5, 0.6) is 0 Å². The first-order chi connectivity index (χ1) is 9.01. The lowest BCUT2D eigenvalue weighted by atomic mass is 10.0. The number of benzene rings is 1. The highest BCUT2D eigenvalue weighted by Crippen LogP contribution is 2.12. The van der Waals surface area contributed by atoms with Crippen LogP contribution in [-0.4, -0.2) is 23.4 Å². The van der Waals surface area contributed by atoms with E-state index in [2.05, 4.69) is 6.07 Å². The number of hydrogen-bond acceptors (Lipinski definition) is 3. The van der Waals surface area contributed by atoms with E-state index in [-0.39, 0.29) is 11.8 Å². The Morgan fingerprint density at radius 3 is 2.58 bits per heavy atom. The summed E-state index contributed by atoms with van der Waals surface area (Å²) in [5.74, 6) is 0.0398. The minimum Gasteiger partial charge on any atom is -0.337 e. The molecule has 0 radical (unpaired) electrons. The molecule has 1 aromatic rings. The molecule has 4 nitrogen and oxygen atoms in total. The van der Waals surface area contributed by atoms with Crippen LogP contribution in [0.2, 0.25) is 0 Å². The van der Waals surface area contributed by atoms with Crippen LogP contribution >= 0.6 is 0 Å². The first-order valence-corrected chi connectivity index (χ1v) is 6.53. The predicted octanol–water partition coefficient (Wildman–Crippen LogP) is 1.89. The molecule has 0 heterocycles. The third kappa shape index (κ3) is 3.80. The number of rotatable bonds is 5. The molecule has 0 aromatic heterocycles. The van der Waals surface area contributed by atoms with Gasteiger partial charge in [-0.15, -0.1) is 0 Å². The van der Waals surface area contributed by atoms with Gasteiger partial charge in [0.15, 0.2) is 0 Å². The molecular weight excluding hydrogens is 238 g/mol.